The van der Waals surface area contributed by atoms with Gasteiger partial charge in [-0.05, 0) is 23.3 Å². The first-order valence-corrected chi connectivity index (χ1v) is 10.6. The van der Waals surface area contributed by atoms with Gasteiger partial charge < -0.3 is 19.5 Å². The quantitative estimate of drug-likeness (QED) is 0.469. The van der Waals surface area contributed by atoms with Gasteiger partial charge >= 0.3 is 0 Å². The Hall–Kier alpha value is -3.32. The summed E-state index contributed by atoms with van der Waals surface area (Å²) in [5, 5.41) is 7.48. The normalized spacial score (nSPS) is 15.1. The number of nitrogens with zero attached hydrogens (tertiary/aromatic N) is 4. The zero-order chi connectivity index (χ0) is 21.3. The third-order valence-corrected chi connectivity index (χ3v) is 5.38. The number of nitrogens with one attached hydrogen (secondary N) is 1. The predicted octanol–water partition coefficient (Wildman–Crippen LogP) is 3.15. The van der Waals surface area contributed by atoms with Gasteiger partial charge in [0.05, 0.1) is 5.69 Å². The summed E-state index contributed by atoms with van der Waals surface area (Å²) >= 11 is 0. The molecule has 0 spiro atoms. The molecule has 162 valence electrons. The molecule has 2 aromatic carbocycles. The summed E-state index contributed by atoms with van der Waals surface area (Å²) in [5.41, 5.74) is 3.34. The van der Waals surface area contributed by atoms with Gasteiger partial charge in [-0.2, -0.15) is 0 Å². The van der Waals surface area contributed by atoms with Crippen LogP contribution >= 0.6 is 0 Å². The molecule has 4 rings (SSSR count). The van der Waals surface area contributed by atoms with Crippen LogP contribution in [0.5, 0.6) is 5.75 Å². The number of ether oxygens (including phenoxy) is 1. The standard InChI is InChI=1S/C24H29N5O2/c1-25-24(29-14-12-28(13-15-29)18-22-11-16-31-27-22)26-17-20-7-9-23(10-8-20)30-19-21-5-3-2-4-6-21/h2-11,16H,12-15,17-19H2,1H3,(H,25,26). The average Bonchev–Trinajstić information content (AvgIpc) is 3.34. The van der Waals surface area contributed by atoms with Crippen molar-refractivity contribution in [2.45, 2.75) is 19.7 Å². The largest absolute Gasteiger partial charge is 0.489 e. The van der Waals surface area contributed by atoms with Gasteiger partial charge in [0.1, 0.15) is 18.6 Å². The van der Waals surface area contributed by atoms with Crippen LogP contribution in [0.3, 0.4) is 0 Å². The lowest BCUT2D eigenvalue weighted by molar-refractivity contribution is 0.169. The fourth-order valence-corrected chi connectivity index (χ4v) is 3.62. The highest BCUT2D eigenvalue weighted by Gasteiger charge is 2.20. The fourth-order valence-electron chi connectivity index (χ4n) is 3.62. The Morgan fingerprint density at radius 2 is 1.77 bits per heavy atom. The highest BCUT2D eigenvalue weighted by molar-refractivity contribution is 5.80. The number of hydrogen-bond acceptors (Lipinski definition) is 5. The molecule has 1 aliphatic heterocycles. The Morgan fingerprint density at radius 3 is 2.45 bits per heavy atom. The number of guanidine groups is 1. The van der Waals surface area contributed by atoms with Crippen LogP contribution in [0.25, 0.3) is 0 Å². The summed E-state index contributed by atoms with van der Waals surface area (Å²) in [4.78, 5) is 9.16. The molecule has 0 aliphatic carbocycles. The second kappa shape index (κ2) is 10.6. The number of hydrogen-bond donors (Lipinski definition) is 1. The second-order valence-corrected chi connectivity index (χ2v) is 7.57. The summed E-state index contributed by atoms with van der Waals surface area (Å²) in [6.45, 7) is 5.95. The van der Waals surface area contributed by atoms with Gasteiger partial charge in [0.15, 0.2) is 5.96 Å². The molecule has 1 saturated heterocycles. The third-order valence-electron chi connectivity index (χ3n) is 5.38. The van der Waals surface area contributed by atoms with Gasteiger partial charge in [0.25, 0.3) is 0 Å². The van der Waals surface area contributed by atoms with Crippen LogP contribution in [-0.4, -0.2) is 54.1 Å². The van der Waals surface area contributed by atoms with Crippen molar-refractivity contribution in [3.8, 4) is 5.75 Å². The minimum atomic E-state index is 0.577. The van der Waals surface area contributed by atoms with E-state index in [1.54, 1.807) is 6.26 Å². The van der Waals surface area contributed by atoms with Crippen LogP contribution in [0.1, 0.15) is 16.8 Å². The Balaban J connectivity index is 1.21. The number of rotatable bonds is 7. The molecule has 3 aromatic rings. The van der Waals surface area contributed by atoms with E-state index in [9.17, 15) is 0 Å². The molecule has 7 nitrogen and oxygen atoms in total. The lowest BCUT2D eigenvalue weighted by atomic mass is 10.2. The van der Waals surface area contributed by atoms with Crippen molar-refractivity contribution >= 4 is 5.96 Å². The Labute approximate surface area is 183 Å². The first kappa shape index (κ1) is 20.9. The molecular weight excluding hydrogens is 390 g/mol. The van der Waals surface area contributed by atoms with Crippen molar-refractivity contribution in [2.24, 2.45) is 4.99 Å². The molecule has 0 amide bonds. The maximum absolute atomic E-state index is 5.87. The van der Waals surface area contributed by atoms with E-state index in [2.05, 4.69) is 49.5 Å². The molecule has 0 bridgehead atoms. The van der Waals surface area contributed by atoms with Crippen molar-refractivity contribution in [2.75, 3.05) is 33.2 Å². The van der Waals surface area contributed by atoms with Gasteiger partial charge in [-0.3, -0.25) is 9.89 Å². The van der Waals surface area contributed by atoms with Crippen LogP contribution in [-0.2, 0) is 19.7 Å². The van der Waals surface area contributed by atoms with E-state index >= 15 is 0 Å². The minimum absolute atomic E-state index is 0.577. The molecule has 0 radical (unpaired) electrons. The zero-order valence-electron chi connectivity index (χ0n) is 17.9. The average molecular weight is 420 g/mol. The van der Waals surface area contributed by atoms with Gasteiger partial charge in [0, 0.05) is 52.4 Å². The molecule has 2 heterocycles. The van der Waals surface area contributed by atoms with E-state index in [-0.39, 0.29) is 0 Å². The van der Waals surface area contributed by atoms with E-state index < -0.39 is 0 Å². The lowest BCUT2D eigenvalue weighted by Gasteiger charge is -2.36. The molecule has 31 heavy (non-hydrogen) atoms. The molecule has 1 N–H and O–H groups in total. The van der Waals surface area contributed by atoms with Crippen LogP contribution < -0.4 is 10.1 Å². The SMILES string of the molecule is CN=C(NCc1ccc(OCc2ccccc2)cc1)N1CCN(Cc2ccon2)CC1. The predicted molar refractivity (Wildman–Crippen MR) is 121 cm³/mol. The Morgan fingerprint density at radius 1 is 1.00 bits per heavy atom. The summed E-state index contributed by atoms with van der Waals surface area (Å²) in [7, 11) is 1.84. The van der Waals surface area contributed by atoms with E-state index in [0.717, 1.165) is 62.2 Å². The minimum Gasteiger partial charge on any atom is -0.489 e. The van der Waals surface area contributed by atoms with Crippen LogP contribution in [0.15, 0.2) is 76.4 Å². The summed E-state index contributed by atoms with van der Waals surface area (Å²) in [5.74, 6) is 1.81. The van der Waals surface area contributed by atoms with Crippen molar-refractivity contribution in [1.82, 2.24) is 20.3 Å². The summed E-state index contributed by atoms with van der Waals surface area (Å²) < 4.78 is 10.8. The molecule has 7 heteroatoms. The van der Waals surface area contributed by atoms with Crippen LogP contribution in [0, 0.1) is 0 Å². The maximum Gasteiger partial charge on any atom is 0.194 e. The molecule has 1 aromatic heterocycles. The summed E-state index contributed by atoms with van der Waals surface area (Å²) in [6.07, 6.45) is 1.62. The van der Waals surface area contributed by atoms with Crippen LogP contribution in [0.4, 0.5) is 0 Å². The van der Waals surface area contributed by atoms with Crippen LogP contribution in [0.2, 0.25) is 0 Å². The van der Waals surface area contributed by atoms with Crippen molar-refractivity contribution in [3.63, 3.8) is 0 Å². The lowest BCUT2D eigenvalue weighted by Crippen LogP contribution is -2.52. The maximum atomic E-state index is 5.87. The smallest absolute Gasteiger partial charge is 0.194 e. The monoisotopic (exact) mass is 419 g/mol. The number of aromatic nitrogens is 1. The van der Waals surface area contributed by atoms with Gasteiger partial charge in [-0.15, -0.1) is 0 Å². The molecule has 1 fully saturated rings. The number of benzene rings is 2. The van der Waals surface area contributed by atoms with Gasteiger partial charge in [-0.1, -0.05) is 47.6 Å². The Kier molecular flexibility index (Phi) is 7.18. The number of piperazine rings is 1. The van der Waals surface area contributed by atoms with Gasteiger partial charge in [0.2, 0.25) is 0 Å². The molecule has 0 unspecified atom stereocenters. The molecule has 0 saturated carbocycles. The molecule has 1 aliphatic rings. The van der Waals surface area contributed by atoms with Crippen molar-refractivity contribution < 1.29 is 9.26 Å². The van der Waals surface area contributed by atoms with E-state index in [0.29, 0.717) is 6.61 Å². The number of aliphatic imine (C=N–C) groups is 1. The summed E-state index contributed by atoms with van der Waals surface area (Å²) in [6, 6.07) is 20.3. The highest BCUT2D eigenvalue weighted by atomic mass is 16.5. The second-order valence-electron chi connectivity index (χ2n) is 7.57. The van der Waals surface area contributed by atoms with E-state index in [1.165, 1.54) is 5.56 Å². The molecule has 0 atom stereocenters. The van der Waals surface area contributed by atoms with E-state index in [1.807, 2.05) is 43.4 Å². The van der Waals surface area contributed by atoms with Crippen molar-refractivity contribution in [3.05, 3.63) is 83.7 Å². The van der Waals surface area contributed by atoms with E-state index in [4.69, 9.17) is 9.26 Å². The highest BCUT2D eigenvalue weighted by Crippen LogP contribution is 2.14. The van der Waals surface area contributed by atoms with Gasteiger partial charge in [-0.25, -0.2) is 0 Å². The topological polar surface area (TPSA) is 66.1 Å². The van der Waals surface area contributed by atoms with Crippen molar-refractivity contribution in [1.29, 1.82) is 0 Å². The first-order valence-electron chi connectivity index (χ1n) is 10.6. The first-order chi connectivity index (χ1) is 15.3. The third kappa shape index (κ3) is 6.08. The Bertz CT molecular complexity index is 934. The zero-order valence-corrected chi connectivity index (χ0v) is 17.9. The fraction of sp³-hybridized carbons (Fsp3) is 0.333. The molecular formula is C24H29N5O2.